The minimum absolute atomic E-state index is 0.222. The Hall–Kier alpha value is -2.02. The number of anilines is 1. The predicted molar refractivity (Wildman–Crippen MR) is 94.1 cm³/mol. The van der Waals surface area contributed by atoms with Crippen molar-refractivity contribution in [2.75, 3.05) is 5.32 Å². The van der Waals surface area contributed by atoms with Crippen LogP contribution in [-0.2, 0) is 27.2 Å². The molecule has 4 rings (SSSR count). The highest BCUT2D eigenvalue weighted by atomic mass is 32.1. The molecule has 0 spiro atoms. The number of fused-ring (bicyclic) bond motifs is 2. The van der Waals surface area contributed by atoms with Crippen molar-refractivity contribution in [2.24, 2.45) is 11.8 Å². The zero-order chi connectivity index (χ0) is 17.6. The smallest absolute Gasteiger partial charge is 0.249 e. The number of rotatable bonds is 3. The average Bonchev–Trinajstić information content (AvgIpc) is 3.13. The number of carbonyl (C=O) groups excluding carboxylic acids is 3. The van der Waals surface area contributed by atoms with Crippen LogP contribution in [0.3, 0.4) is 0 Å². The molecule has 1 aromatic rings. The van der Waals surface area contributed by atoms with Gasteiger partial charge in [0.1, 0.15) is 6.04 Å². The number of likely N-dealkylation sites (tertiary alicyclic amines) is 1. The number of hydrogen-bond donors (Lipinski definition) is 1. The van der Waals surface area contributed by atoms with E-state index in [4.69, 9.17) is 0 Å². The first-order valence-electron chi connectivity index (χ1n) is 8.87. The fraction of sp³-hybridized carbons (Fsp3) is 0.556. The number of aromatic nitrogens is 1. The van der Waals surface area contributed by atoms with Gasteiger partial charge in [-0.25, -0.2) is 4.98 Å². The van der Waals surface area contributed by atoms with Crippen LogP contribution in [0.1, 0.15) is 43.2 Å². The molecular weight excluding hydrogens is 338 g/mol. The first-order chi connectivity index (χ1) is 12.1. The normalized spacial score (nSPS) is 26.4. The number of amides is 3. The van der Waals surface area contributed by atoms with Crippen LogP contribution in [0.2, 0.25) is 0 Å². The molecule has 1 fully saturated rings. The van der Waals surface area contributed by atoms with Gasteiger partial charge in [-0.2, -0.15) is 0 Å². The molecule has 132 valence electrons. The van der Waals surface area contributed by atoms with E-state index >= 15 is 0 Å². The predicted octanol–water partition coefficient (Wildman–Crippen LogP) is 2.30. The Morgan fingerprint density at radius 3 is 2.48 bits per heavy atom. The fourth-order valence-electron chi connectivity index (χ4n) is 3.94. The molecule has 0 aromatic carbocycles. The SMILES string of the molecule is CC(C(=O)Nc1nc2c(s1)CCCC2)N1C(=O)C2CC=CCC2C1=O. The molecule has 2 heterocycles. The molecule has 0 saturated carbocycles. The van der Waals surface area contributed by atoms with Gasteiger partial charge < -0.3 is 5.32 Å². The van der Waals surface area contributed by atoms with Crippen LogP contribution in [0, 0.1) is 11.8 Å². The van der Waals surface area contributed by atoms with Crippen LogP contribution in [0.5, 0.6) is 0 Å². The quantitative estimate of drug-likeness (QED) is 0.663. The summed E-state index contributed by atoms with van der Waals surface area (Å²) in [7, 11) is 0. The lowest BCUT2D eigenvalue weighted by Gasteiger charge is -2.21. The number of nitrogens with zero attached hydrogens (tertiary/aromatic N) is 2. The van der Waals surface area contributed by atoms with E-state index in [2.05, 4.69) is 10.3 Å². The molecule has 3 atom stereocenters. The van der Waals surface area contributed by atoms with Gasteiger partial charge in [0.15, 0.2) is 5.13 Å². The van der Waals surface area contributed by atoms with Gasteiger partial charge in [-0.1, -0.05) is 12.2 Å². The summed E-state index contributed by atoms with van der Waals surface area (Å²) in [5.74, 6) is -1.40. The lowest BCUT2D eigenvalue weighted by molar-refractivity contribution is -0.146. The molecule has 25 heavy (non-hydrogen) atoms. The largest absolute Gasteiger partial charge is 0.300 e. The third kappa shape index (κ3) is 2.80. The second-order valence-corrected chi connectivity index (χ2v) is 8.05. The minimum Gasteiger partial charge on any atom is -0.300 e. The Labute approximate surface area is 150 Å². The van der Waals surface area contributed by atoms with Crippen LogP contribution in [0.15, 0.2) is 12.2 Å². The van der Waals surface area contributed by atoms with Crippen LogP contribution >= 0.6 is 11.3 Å². The summed E-state index contributed by atoms with van der Waals surface area (Å²) in [6, 6.07) is -0.813. The maximum atomic E-state index is 12.6. The number of aryl methyl sites for hydroxylation is 2. The topological polar surface area (TPSA) is 79.4 Å². The summed E-state index contributed by atoms with van der Waals surface area (Å²) in [6.07, 6.45) is 9.31. The second-order valence-electron chi connectivity index (χ2n) is 6.96. The Balaban J connectivity index is 1.48. The molecule has 1 aliphatic heterocycles. The summed E-state index contributed by atoms with van der Waals surface area (Å²) in [5, 5.41) is 3.38. The van der Waals surface area contributed by atoms with Crippen molar-refractivity contribution in [2.45, 2.75) is 51.5 Å². The summed E-state index contributed by atoms with van der Waals surface area (Å²) < 4.78 is 0. The van der Waals surface area contributed by atoms with Crippen molar-refractivity contribution >= 4 is 34.2 Å². The zero-order valence-electron chi connectivity index (χ0n) is 14.2. The van der Waals surface area contributed by atoms with E-state index in [-0.39, 0.29) is 29.6 Å². The van der Waals surface area contributed by atoms with Crippen LogP contribution < -0.4 is 5.32 Å². The number of imide groups is 1. The van der Waals surface area contributed by atoms with Crippen molar-refractivity contribution in [1.29, 1.82) is 0 Å². The monoisotopic (exact) mass is 359 g/mol. The van der Waals surface area contributed by atoms with Crippen LogP contribution in [-0.4, -0.2) is 33.6 Å². The van der Waals surface area contributed by atoms with E-state index in [1.165, 1.54) is 16.2 Å². The van der Waals surface area contributed by atoms with E-state index in [1.54, 1.807) is 6.92 Å². The highest BCUT2D eigenvalue weighted by Crippen LogP contribution is 2.36. The third-order valence-electron chi connectivity index (χ3n) is 5.38. The summed E-state index contributed by atoms with van der Waals surface area (Å²) in [4.78, 5) is 44.7. The van der Waals surface area contributed by atoms with E-state index in [1.807, 2.05) is 12.2 Å². The van der Waals surface area contributed by atoms with Gasteiger partial charge in [0, 0.05) is 4.88 Å². The van der Waals surface area contributed by atoms with E-state index < -0.39 is 6.04 Å². The van der Waals surface area contributed by atoms with Gasteiger partial charge in [-0.3, -0.25) is 19.3 Å². The number of thiazole rings is 1. The Bertz CT molecular complexity index is 720. The number of allylic oxidation sites excluding steroid dienone is 2. The van der Waals surface area contributed by atoms with E-state index in [0.29, 0.717) is 18.0 Å². The van der Waals surface area contributed by atoms with E-state index in [9.17, 15) is 14.4 Å². The highest BCUT2D eigenvalue weighted by Gasteiger charge is 2.50. The van der Waals surface area contributed by atoms with Crippen LogP contribution in [0.25, 0.3) is 0 Å². The molecule has 3 unspecified atom stereocenters. The van der Waals surface area contributed by atoms with Crippen molar-refractivity contribution in [3.8, 4) is 0 Å². The van der Waals surface area contributed by atoms with Gasteiger partial charge in [0.2, 0.25) is 17.7 Å². The summed E-state index contributed by atoms with van der Waals surface area (Å²) in [5.41, 5.74) is 1.07. The van der Waals surface area contributed by atoms with Gasteiger partial charge >= 0.3 is 0 Å². The molecule has 6 nitrogen and oxygen atoms in total. The van der Waals surface area contributed by atoms with Crippen molar-refractivity contribution in [3.63, 3.8) is 0 Å². The van der Waals surface area contributed by atoms with Crippen LogP contribution in [0.4, 0.5) is 5.13 Å². The maximum absolute atomic E-state index is 12.6. The van der Waals surface area contributed by atoms with Gasteiger partial charge in [-0.15, -0.1) is 11.3 Å². The summed E-state index contributed by atoms with van der Waals surface area (Å²) in [6.45, 7) is 1.61. The lowest BCUT2D eigenvalue weighted by atomic mass is 9.85. The molecule has 7 heteroatoms. The van der Waals surface area contributed by atoms with Gasteiger partial charge in [-0.05, 0) is 45.4 Å². The Kier molecular flexibility index (Phi) is 4.19. The first kappa shape index (κ1) is 16.4. The molecule has 3 aliphatic rings. The second kappa shape index (κ2) is 6.37. The summed E-state index contributed by atoms with van der Waals surface area (Å²) >= 11 is 1.50. The molecule has 1 N–H and O–H groups in total. The molecule has 0 radical (unpaired) electrons. The fourth-order valence-corrected chi connectivity index (χ4v) is 4.99. The lowest BCUT2D eigenvalue weighted by Crippen LogP contribution is -2.46. The molecule has 3 amide bonds. The van der Waals surface area contributed by atoms with Crippen molar-refractivity contribution in [1.82, 2.24) is 9.88 Å². The number of nitrogens with one attached hydrogen (secondary N) is 1. The first-order valence-corrected chi connectivity index (χ1v) is 9.69. The van der Waals surface area contributed by atoms with Crippen molar-refractivity contribution < 1.29 is 14.4 Å². The molecule has 1 aromatic heterocycles. The standard InChI is InChI=1S/C18H21N3O3S/c1-10(21-16(23)11-6-2-3-7-12(11)17(21)24)15(22)20-18-19-13-8-4-5-9-14(13)25-18/h2-3,10-12H,4-9H2,1H3,(H,19,20,22). The maximum Gasteiger partial charge on any atom is 0.249 e. The van der Waals surface area contributed by atoms with Crippen molar-refractivity contribution in [3.05, 3.63) is 22.7 Å². The molecular formula is C18H21N3O3S. The van der Waals surface area contributed by atoms with Gasteiger partial charge in [0.05, 0.1) is 17.5 Å². The van der Waals surface area contributed by atoms with Gasteiger partial charge in [0.25, 0.3) is 0 Å². The highest BCUT2D eigenvalue weighted by molar-refractivity contribution is 7.15. The number of carbonyl (C=O) groups is 3. The molecule has 2 aliphatic carbocycles. The zero-order valence-corrected chi connectivity index (χ0v) is 15.0. The average molecular weight is 359 g/mol. The minimum atomic E-state index is -0.813. The van der Waals surface area contributed by atoms with E-state index in [0.717, 1.165) is 36.3 Å². The molecule has 0 bridgehead atoms. The third-order valence-corrected chi connectivity index (χ3v) is 6.46. The Morgan fingerprint density at radius 2 is 1.84 bits per heavy atom. The molecule has 1 saturated heterocycles. The number of hydrogen-bond acceptors (Lipinski definition) is 5. The Morgan fingerprint density at radius 1 is 1.20 bits per heavy atom.